The monoisotopic (exact) mass is 357 g/mol. The maximum atomic E-state index is 12.3. The van der Waals surface area contributed by atoms with Crippen molar-refractivity contribution in [1.82, 2.24) is 15.3 Å². The normalized spacial score (nSPS) is 19.5. The number of carboxylic acid groups (broad SMARTS) is 1. The molecule has 0 saturated heterocycles. The number of aliphatic carboxylic acids is 1. The fraction of sp³-hybridized carbons (Fsp3) is 0.333. The first-order valence-corrected chi connectivity index (χ1v) is 9.03. The van der Waals surface area contributed by atoms with E-state index in [4.69, 9.17) is 0 Å². The Balaban J connectivity index is 1.53. The van der Waals surface area contributed by atoms with Gasteiger partial charge in [-0.05, 0) is 25.0 Å². The van der Waals surface area contributed by atoms with Gasteiger partial charge in [-0.25, -0.2) is 4.98 Å². The lowest BCUT2D eigenvalue weighted by atomic mass is 9.82. The summed E-state index contributed by atoms with van der Waals surface area (Å²) in [7, 11) is 0. The molecule has 2 atom stereocenters. The van der Waals surface area contributed by atoms with E-state index in [-0.39, 0.29) is 5.91 Å². The van der Waals surface area contributed by atoms with Crippen molar-refractivity contribution in [2.45, 2.75) is 19.3 Å². The third-order valence-corrected chi connectivity index (χ3v) is 5.17. The number of pyridine rings is 1. The summed E-state index contributed by atoms with van der Waals surface area (Å²) in [6, 6.07) is 3.83. The third-order valence-electron chi connectivity index (χ3n) is 4.23. The Morgan fingerprint density at radius 2 is 2.08 bits per heavy atom. The van der Waals surface area contributed by atoms with Gasteiger partial charge in [0.25, 0.3) is 0 Å². The fourth-order valence-corrected chi connectivity index (χ4v) is 3.71. The predicted octanol–water partition coefficient (Wildman–Crippen LogP) is 2.53. The zero-order valence-electron chi connectivity index (χ0n) is 13.6. The Bertz CT molecular complexity index is 773. The minimum absolute atomic E-state index is 0.195. The van der Waals surface area contributed by atoms with Gasteiger partial charge in [-0.3, -0.25) is 14.6 Å². The van der Waals surface area contributed by atoms with Gasteiger partial charge in [-0.1, -0.05) is 12.2 Å². The van der Waals surface area contributed by atoms with E-state index in [1.54, 1.807) is 23.7 Å². The summed E-state index contributed by atoms with van der Waals surface area (Å²) in [4.78, 5) is 32.2. The van der Waals surface area contributed by atoms with Gasteiger partial charge in [-0.15, -0.1) is 11.3 Å². The number of amides is 1. The molecule has 130 valence electrons. The maximum Gasteiger partial charge on any atom is 0.307 e. The Morgan fingerprint density at radius 3 is 2.80 bits per heavy atom. The van der Waals surface area contributed by atoms with Crippen molar-refractivity contribution in [3.8, 4) is 10.6 Å². The average molecular weight is 357 g/mol. The molecule has 0 spiro atoms. The van der Waals surface area contributed by atoms with E-state index in [0.29, 0.717) is 25.8 Å². The summed E-state index contributed by atoms with van der Waals surface area (Å²) < 4.78 is 0. The average Bonchev–Trinajstić information content (AvgIpc) is 3.11. The van der Waals surface area contributed by atoms with Gasteiger partial charge in [0, 0.05) is 36.3 Å². The molecule has 0 unspecified atom stereocenters. The highest BCUT2D eigenvalue weighted by Crippen LogP contribution is 2.26. The Hall–Kier alpha value is -2.54. The molecule has 1 aliphatic carbocycles. The van der Waals surface area contributed by atoms with Crippen molar-refractivity contribution >= 4 is 23.2 Å². The van der Waals surface area contributed by atoms with Gasteiger partial charge < -0.3 is 10.4 Å². The zero-order chi connectivity index (χ0) is 17.6. The minimum Gasteiger partial charge on any atom is -0.481 e. The first kappa shape index (κ1) is 17.3. The lowest BCUT2D eigenvalue weighted by Gasteiger charge is -2.24. The summed E-state index contributed by atoms with van der Waals surface area (Å²) in [5, 5.41) is 15.0. The van der Waals surface area contributed by atoms with E-state index < -0.39 is 17.8 Å². The molecule has 0 aromatic carbocycles. The third kappa shape index (κ3) is 4.30. The summed E-state index contributed by atoms with van der Waals surface area (Å²) in [6.45, 7) is 0.446. The molecule has 2 N–H and O–H groups in total. The largest absolute Gasteiger partial charge is 0.481 e. The van der Waals surface area contributed by atoms with Gasteiger partial charge >= 0.3 is 5.97 Å². The van der Waals surface area contributed by atoms with E-state index in [9.17, 15) is 14.7 Å². The quantitative estimate of drug-likeness (QED) is 0.775. The molecule has 0 aliphatic heterocycles. The van der Waals surface area contributed by atoms with Crippen LogP contribution in [0, 0.1) is 11.8 Å². The molecule has 0 bridgehead atoms. The highest BCUT2D eigenvalue weighted by atomic mass is 32.1. The molecule has 2 aromatic rings. The fourth-order valence-electron chi connectivity index (χ4n) is 2.87. The number of carboxylic acids is 1. The minimum atomic E-state index is -0.912. The number of carbonyl (C=O) groups excluding carboxylic acids is 1. The number of rotatable bonds is 6. The molecule has 0 saturated carbocycles. The number of nitrogens with zero attached hydrogens (tertiary/aromatic N) is 2. The van der Waals surface area contributed by atoms with Crippen molar-refractivity contribution in [1.29, 1.82) is 0 Å². The number of carbonyl (C=O) groups is 2. The molecule has 0 radical (unpaired) electrons. The van der Waals surface area contributed by atoms with Crippen molar-refractivity contribution in [2.75, 3.05) is 6.54 Å². The van der Waals surface area contributed by atoms with Crippen LogP contribution in [0.25, 0.3) is 10.6 Å². The van der Waals surface area contributed by atoms with Crippen molar-refractivity contribution in [3.63, 3.8) is 0 Å². The molecular formula is C18H19N3O3S. The molecule has 3 rings (SSSR count). The molecule has 25 heavy (non-hydrogen) atoms. The van der Waals surface area contributed by atoms with E-state index in [1.165, 1.54) is 0 Å². The molecule has 0 fully saturated rings. The van der Waals surface area contributed by atoms with Gasteiger partial charge in [0.15, 0.2) is 0 Å². The topological polar surface area (TPSA) is 92.2 Å². The van der Waals surface area contributed by atoms with Crippen molar-refractivity contribution in [3.05, 3.63) is 47.8 Å². The van der Waals surface area contributed by atoms with Gasteiger partial charge in [-0.2, -0.15) is 0 Å². The molecule has 2 aromatic heterocycles. The zero-order valence-corrected chi connectivity index (χ0v) is 14.4. The molecule has 2 heterocycles. The van der Waals surface area contributed by atoms with Crippen LogP contribution < -0.4 is 5.32 Å². The van der Waals surface area contributed by atoms with E-state index >= 15 is 0 Å². The van der Waals surface area contributed by atoms with E-state index in [2.05, 4.69) is 15.3 Å². The summed E-state index contributed by atoms with van der Waals surface area (Å²) in [6.07, 6.45) is 8.70. The van der Waals surface area contributed by atoms with Gasteiger partial charge in [0.05, 0.1) is 17.5 Å². The predicted molar refractivity (Wildman–Crippen MR) is 95.0 cm³/mol. The molecule has 1 aliphatic rings. The second kappa shape index (κ2) is 8.02. The SMILES string of the molecule is O=C(O)[C@@H]1CC=CC[C@H]1C(=O)NCCc1csc(-c2cccnc2)n1. The first-order chi connectivity index (χ1) is 12.1. The lowest BCUT2D eigenvalue weighted by Crippen LogP contribution is -2.39. The lowest BCUT2D eigenvalue weighted by molar-refractivity contribution is -0.147. The van der Waals surface area contributed by atoms with Gasteiger partial charge in [0.2, 0.25) is 5.91 Å². The highest BCUT2D eigenvalue weighted by molar-refractivity contribution is 7.13. The standard InChI is InChI=1S/C18H19N3O3S/c22-16(14-5-1-2-6-15(14)18(23)24)20-9-7-13-11-25-17(21-13)12-4-3-8-19-10-12/h1-4,8,10-11,14-15H,5-7,9H2,(H,20,22)(H,23,24)/t14-,15-/m1/s1. The highest BCUT2D eigenvalue weighted by Gasteiger charge is 2.33. The van der Waals surface area contributed by atoms with Crippen LogP contribution in [-0.2, 0) is 16.0 Å². The van der Waals surface area contributed by atoms with Crippen LogP contribution >= 0.6 is 11.3 Å². The van der Waals surface area contributed by atoms with Crippen LogP contribution in [0.2, 0.25) is 0 Å². The van der Waals surface area contributed by atoms with Crippen molar-refractivity contribution < 1.29 is 14.7 Å². The van der Waals surface area contributed by atoms with Crippen LogP contribution in [0.1, 0.15) is 18.5 Å². The molecule has 6 nitrogen and oxygen atoms in total. The summed E-state index contributed by atoms with van der Waals surface area (Å²) >= 11 is 1.54. The summed E-state index contributed by atoms with van der Waals surface area (Å²) in [5.74, 6) is -2.24. The first-order valence-electron chi connectivity index (χ1n) is 8.15. The second-order valence-electron chi connectivity index (χ2n) is 5.92. The summed E-state index contributed by atoms with van der Waals surface area (Å²) in [5.41, 5.74) is 1.88. The van der Waals surface area contributed by atoms with Crippen LogP contribution in [0.4, 0.5) is 0 Å². The second-order valence-corrected chi connectivity index (χ2v) is 6.78. The molecule has 7 heteroatoms. The molecular weight excluding hydrogens is 338 g/mol. The Labute approximate surface area is 149 Å². The number of aromatic nitrogens is 2. The number of hydrogen-bond donors (Lipinski definition) is 2. The Morgan fingerprint density at radius 1 is 1.28 bits per heavy atom. The number of thiazole rings is 1. The maximum absolute atomic E-state index is 12.3. The molecule has 1 amide bonds. The van der Waals surface area contributed by atoms with Crippen molar-refractivity contribution in [2.24, 2.45) is 11.8 Å². The van der Waals surface area contributed by atoms with E-state index in [1.807, 2.05) is 29.7 Å². The van der Waals surface area contributed by atoms with Crippen LogP contribution in [0.15, 0.2) is 42.1 Å². The van der Waals surface area contributed by atoms with Crippen LogP contribution in [0.3, 0.4) is 0 Å². The van der Waals surface area contributed by atoms with Gasteiger partial charge in [0.1, 0.15) is 5.01 Å². The number of hydrogen-bond acceptors (Lipinski definition) is 5. The Kier molecular flexibility index (Phi) is 5.55. The smallest absolute Gasteiger partial charge is 0.307 e. The van der Waals surface area contributed by atoms with Crippen LogP contribution in [0.5, 0.6) is 0 Å². The number of allylic oxidation sites excluding steroid dienone is 2. The number of nitrogens with one attached hydrogen (secondary N) is 1. The van der Waals surface area contributed by atoms with E-state index in [0.717, 1.165) is 16.3 Å². The van der Waals surface area contributed by atoms with Crippen LogP contribution in [-0.4, -0.2) is 33.5 Å².